The SMILES string of the molecule is C=C(CC(C)(C)C)N1CCC[C@@H](C(=C)N(CC)CC(C)(C)CN(C)C)C1. The molecule has 1 aliphatic rings. The third-order valence-electron chi connectivity index (χ3n) is 5.23. The van der Waals surface area contributed by atoms with Crippen molar-refractivity contribution >= 4 is 0 Å². The Hall–Kier alpha value is -0.960. The molecule has 1 aliphatic heterocycles. The first-order valence-electron chi connectivity index (χ1n) is 10.4. The van der Waals surface area contributed by atoms with Crippen molar-refractivity contribution in [2.75, 3.05) is 46.8 Å². The Bertz CT molecular complexity index is 470. The van der Waals surface area contributed by atoms with E-state index in [1.807, 2.05) is 0 Å². The Morgan fingerprint density at radius 1 is 1.08 bits per heavy atom. The van der Waals surface area contributed by atoms with Gasteiger partial charge in [0.2, 0.25) is 0 Å². The molecule has 0 bridgehead atoms. The number of allylic oxidation sites excluding steroid dienone is 1. The van der Waals surface area contributed by atoms with E-state index in [4.69, 9.17) is 0 Å². The van der Waals surface area contributed by atoms with Crippen LogP contribution in [0, 0.1) is 16.7 Å². The molecule has 0 amide bonds. The van der Waals surface area contributed by atoms with Crippen LogP contribution in [0.1, 0.15) is 60.8 Å². The molecule has 0 aliphatic carbocycles. The molecular formula is C23H45N3. The Morgan fingerprint density at radius 3 is 2.19 bits per heavy atom. The summed E-state index contributed by atoms with van der Waals surface area (Å²) in [7, 11) is 4.32. The summed E-state index contributed by atoms with van der Waals surface area (Å²) in [6, 6.07) is 0. The van der Waals surface area contributed by atoms with Crippen LogP contribution in [0.2, 0.25) is 0 Å². The van der Waals surface area contributed by atoms with Gasteiger partial charge in [0.25, 0.3) is 0 Å². The standard InChI is InChI=1S/C23H45N3/c1-11-25(18-23(7,8)17-24(9)10)20(3)21-13-12-14-26(16-21)19(2)15-22(4,5)6/h21H,2-3,11-18H2,1,4-10H3/t21-/m1/s1. The highest BCUT2D eigenvalue weighted by Gasteiger charge is 2.29. The minimum atomic E-state index is 0.257. The lowest BCUT2D eigenvalue weighted by Gasteiger charge is -2.42. The van der Waals surface area contributed by atoms with Gasteiger partial charge >= 0.3 is 0 Å². The molecule has 0 aromatic carbocycles. The lowest BCUT2D eigenvalue weighted by molar-refractivity contribution is 0.144. The van der Waals surface area contributed by atoms with E-state index in [2.05, 4.69) is 83.5 Å². The maximum Gasteiger partial charge on any atom is 0.0257 e. The van der Waals surface area contributed by atoms with E-state index in [9.17, 15) is 0 Å². The highest BCUT2D eigenvalue weighted by Crippen LogP contribution is 2.32. The number of nitrogens with zero attached hydrogens (tertiary/aromatic N) is 3. The fraction of sp³-hybridized carbons (Fsp3) is 0.826. The Balaban J connectivity index is 2.73. The molecule has 1 saturated heterocycles. The van der Waals surface area contributed by atoms with Crippen LogP contribution in [-0.2, 0) is 0 Å². The van der Waals surface area contributed by atoms with Gasteiger partial charge in [-0.25, -0.2) is 0 Å². The molecule has 0 radical (unpaired) electrons. The van der Waals surface area contributed by atoms with Gasteiger partial charge in [-0.05, 0) is 51.1 Å². The molecule has 26 heavy (non-hydrogen) atoms. The highest BCUT2D eigenvalue weighted by molar-refractivity contribution is 5.07. The van der Waals surface area contributed by atoms with Crippen LogP contribution in [0.15, 0.2) is 24.6 Å². The molecule has 1 rings (SSSR count). The number of piperidine rings is 1. The van der Waals surface area contributed by atoms with Gasteiger partial charge in [-0.2, -0.15) is 0 Å². The molecule has 0 aromatic rings. The zero-order valence-corrected chi connectivity index (χ0v) is 19.0. The van der Waals surface area contributed by atoms with Crippen LogP contribution < -0.4 is 0 Å². The lowest BCUT2D eigenvalue weighted by Crippen LogP contribution is -2.43. The van der Waals surface area contributed by atoms with Gasteiger partial charge in [-0.3, -0.25) is 0 Å². The third kappa shape index (κ3) is 7.73. The van der Waals surface area contributed by atoms with Gasteiger partial charge in [0.05, 0.1) is 0 Å². The van der Waals surface area contributed by atoms with E-state index >= 15 is 0 Å². The zero-order chi connectivity index (χ0) is 20.1. The molecule has 0 aromatic heterocycles. The minimum absolute atomic E-state index is 0.257. The average Bonchev–Trinajstić information content (AvgIpc) is 2.49. The van der Waals surface area contributed by atoms with Crippen LogP contribution in [0.5, 0.6) is 0 Å². The van der Waals surface area contributed by atoms with Crippen LogP contribution >= 0.6 is 0 Å². The Kier molecular flexibility index (Phi) is 8.26. The van der Waals surface area contributed by atoms with Crippen molar-refractivity contribution in [3.63, 3.8) is 0 Å². The van der Waals surface area contributed by atoms with Gasteiger partial charge in [0.15, 0.2) is 0 Å². The summed E-state index contributed by atoms with van der Waals surface area (Å²) in [4.78, 5) is 7.32. The number of rotatable bonds is 9. The molecular weight excluding hydrogens is 318 g/mol. The van der Waals surface area contributed by atoms with Crippen molar-refractivity contribution in [1.29, 1.82) is 0 Å². The van der Waals surface area contributed by atoms with Gasteiger partial charge in [0.1, 0.15) is 0 Å². The molecule has 0 unspecified atom stereocenters. The quantitative estimate of drug-likeness (QED) is 0.566. The van der Waals surface area contributed by atoms with Crippen LogP contribution in [0.25, 0.3) is 0 Å². The Labute approximate surface area is 164 Å². The van der Waals surface area contributed by atoms with Gasteiger partial charge in [-0.15, -0.1) is 0 Å². The summed E-state index contributed by atoms with van der Waals surface area (Å²) in [5.74, 6) is 0.551. The van der Waals surface area contributed by atoms with E-state index in [0.717, 1.165) is 39.1 Å². The van der Waals surface area contributed by atoms with Crippen molar-refractivity contribution in [3.05, 3.63) is 24.6 Å². The summed E-state index contributed by atoms with van der Waals surface area (Å²) in [6.07, 6.45) is 3.56. The van der Waals surface area contributed by atoms with E-state index < -0.39 is 0 Å². The largest absolute Gasteiger partial charge is 0.375 e. The first kappa shape index (κ1) is 23.1. The van der Waals surface area contributed by atoms with Crippen molar-refractivity contribution in [1.82, 2.24) is 14.7 Å². The van der Waals surface area contributed by atoms with Crippen LogP contribution in [-0.4, -0.2) is 61.5 Å². The summed E-state index contributed by atoms with van der Waals surface area (Å²) >= 11 is 0. The predicted octanol–water partition coefficient (Wildman–Crippen LogP) is 5.07. The van der Waals surface area contributed by atoms with Crippen molar-refractivity contribution in [2.24, 2.45) is 16.7 Å². The minimum Gasteiger partial charge on any atom is -0.375 e. The number of likely N-dealkylation sites (tertiary alicyclic amines) is 1. The molecule has 0 saturated carbocycles. The molecule has 0 spiro atoms. The molecule has 0 N–H and O–H groups in total. The van der Waals surface area contributed by atoms with Crippen LogP contribution in [0.3, 0.4) is 0 Å². The molecule has 1 heterocycles. The molecule has 3 heteroatoms. The summed E-state index contributed by atoms with van der Waals surface area (Å²) < 4.78 is 0. The first-order chi connectivity index (χ1) is 11.8. The number of hydrogen-bond donors (Lipinski definition) is 0. The fourth-order valence-electron chi connectivity index (χ4n) is 4.36. The summed E-state index contributed by atoms with van der Waals surface area (Å²) in [5, 5.41) is 0. The second kappa shape index (κ2) is 9.30. The predicted molar refractivity (Wildman–Crippen MR) is 116 cm³/mol. The average molecular weight is 364 g/mol. The smallest absolute Gasteiger partial charge is 0.0257 e. The first-order valence-corrected chi connectivity index (χ1v) is 10.4. The maximum atomic E-state index is 4.54. The zero-order valence-electron chi connectivity index (χ0n) is 19.0. The second-order valence-corrected chi connectivity index (χ2v) is 10.5. The van der Waals surface area contributed by atoms with Gasteiger partial charge in [-0.1, -0.05) is 47.8 Å². The van der Waals surface area contributed by atoms with E-state index in [1.54, 1.807) is 0 Å². The molecule has 1 atom stereocenters. The lowest BCUT2D eigenvalue weighted by atomic mass is 9.87. The summed E-state index contributed by atoms with van der Waals surface area (Å²) in [5.41, 5.74) is 3.18. The Morgan fingerprint density at radius 2 is 1.69 bits per heavy atom. The fourth-order valence-corrected chi connectivity index (χ4v) is 4.36. The normalized spacial score (nSPS) is 19.0. The van der Waals surface area contributed by atoms with Crippen molar-refractivity contribution in [3.8, 4) is 0 Å². The monoisotopic (exact) mass is 363 g/mol. The van der Waals surface area contributed by atoms with Crippen molar-refractivity contribution < 1.29 is 0 Å². The van der Waals surface area contributed by atoms with Gasteiger partial charge in [0, 0.05) is 50.0 Å². The molecule has 152 valence electrons. The highest BCUT2D eigenvalue weighted by atomic mass is 15.2. The van der Waals surface area contributed by atoms with Crippen molar-refractivity contribution in [2.45, 2.75) is 60.8 Å². The van der Waals surface area contributed by atoms with E-state index in [0.29, 0.717) is 11.3 Å². The third-order valence-corrected chi connectivity index (χ3v) is 5.23. The van der Waals surface area contributed by atoms with Crippen LogP contribution in [0.4, 0.5) is 0 Å². The maximum absolute atomic E-state index is 4.54. The number of hydrogen-bond acceptors (Lipinski definition) is 3. The topological polar surface area (TPSA) is 9.72 Å². The van der Waals surface area contributed by atoms with E-state index in [-0.39, 0.29) is 5.41 Å². The summed E-state index contributed by atoms with van der Waals surface area (Å²) in [6.45, 7) is 28.2. The second-order valence-electron chi connectivity index (χ2n) is 10.5. The molecule has 3 nitrogen and oxygen atoms in total. The van der Waals surface area contributed by atoms with E-state index in [1.165, 1.54) is 24.2 Å². The molecule has 1 fully saturated rings. The van der Waals surface area contributed by atoms with Gasteiger partial charge < -0.3 is 14.7 Å².